The van der Waals surface area contributed by atoms with Gasteiger partial charge in [-0.2, -0.15) is 0 Å². The molecule has 3 aromatic carbocycles. The van der Waals surface area contributed by atoms with Crippen molar-refractivity contribution in [2.45, 2.75) is 37.8 Å². The Bertz CT molecular complexity index is 1430. The fourth-order valence-corrected chi connectivity index (χ4v) is 5.42. The average Bonchev–Trinajstić information content (AvgIpc) is 3.23. The van der Waals surface area contributed by atoms with Gasteiger partial charge in [0.2, 0.25) is 6.54 Å². The van der Waals surface area contributed by atoms with Crippen LogP contribution in [0.2, 0.25) is 10.0 Å². The predicted octanol–water partition coefficient (Wildman–Crippen LogP) is 7.28. The molecule has 0 aliphatic rings. The predicted molar refractivity (Wildman–Crippen MR) is 150 cm³/mol. The Morgan fingerprint density at radius 2 is 1.82 bits per heavy atom. The lowest BCUT2D eigenvalue weighted by atomic mass is 10.1. The SMILES string of the molecule is CCOc1cc([C@H](C[N+](=O)[O-])Sc2nnc(C)n2-c2cccc(C)c2)cc(Cl)c1OCc1ccc(Cl)cc1. The van der Waals surface area contributed by atoms with E-state index in [9.17, 15) is 10.1 Å². The first-order chi connectivity index (χ1) is 18.2. The lowest BCUT2D eigenvalue weighted by Crippen LogP contribution is -2.12. The number of hydrogen-bond donors (Lipinski definition) is 0. The van der Waals surface area contributed by atoms with Gasteiger partial charge >= 0.3 is 0 Å². The molecule has 0 unspecified atom stereocenters. The van der Waals surface area contributed by atoms with Crippen molar-refractivity contribution in [2.24, 2.45) is 0 Å². The summed E-state index contributed by atoms with van der Waals surface area (Å²) in [5.74, 6) is 1.46. The Morgan fingerprint density at radius 3 is 2.50 bits per heavy atom. The summed E-state index contributed by atoms with van der Waals surface area (Å²) in [5, 5.41) is 21.1. The fourth-order valence-electron chi connectivity index (χ4n) is 3.87. The molecule has 4 aromatic rings. The number of nitrogens with zero attached hydrogens (tertiary/aromatic N) is 4. The second-order valence-electron chi connectivity index (χ2n) is 8.50. The largest absolute Gasteiger partial charge is 0.490 e. The zero-order valence-corrected chi connectivity index (χ0v) is 23.4. The van der Waals surface area contributed by atoms with Crippen molar-refractivity contribution in [3.63, 3.8) is 0 Å². The molecule has 0 amide bonds. The third kappa shape index (κ3) is 6.78. The molecule has 0 saturated carbocycles. The van der Waals surface area contributed by atoms with Crippen LogP contribution in [0.1, 0.15) is 34.7 Å². The Balaban J connectivity index is 1.67. The van der Waals surface area contributed by atoms with Gasteiger partial charge in [-0.15, -0.1) is 10.2 Å². The van der Waals surface area contributed by atoms with E-state index in [1.165, 1.54) is 11.8 Å². The smallest absolute Gasteiger partial charge is 0.220 e. The first-order valence-corrected chi connectivity index (χ1v) is 13.5. The molecule has 8 nitrogen and oxygen atoms in total. The Kier molecular flexibility index (Phi) is 9.14. The maximum absolute atomic E-state index is 11.7. The number of thioether (sulfide) groups is 1. The van der Waals surface area contributed by atoms with Crippen LogP contribution in [0.25, 0.3) is 5.69 Å². The summed E-state index contributed by atoms with van der Waals surface area (Å²) in [7, 11) is 0. The van der Waals surface area contributed by atoms with Crippen LogP contribution in [0.15, 0.2) is 65.8 Å². The van der Waals surface area contributed by atoms with Crippen molar-refractivity contribution < 1.29 is 14.4 Å². The van der Waals surface area contributed by atoms with Crippen molar-refractivity contribution in [1.82, 2.24) is 14.8 Å². The van der Waals surface area contributed by atoms with Gasteiger partial charge in [-0.3, -0.25) is 14.7 Å². The van der Waals surface area contributed by atoms with Gasteiger partial charge in [0.1, 0.15) is 17.7 Å². The molecule has 4 rings (SSSR count). The van der Waals surface area contributed by atoms with Crippen molar-refractivity contribution in [3.8, 4) is 17.2 Å². The minimum atomic E-state index is -0.612. The highest BCUT2D eigenvalue weighted by Crippen LogP contribution is 2.43. The van der Waals surface area contributed by atoms with E-state index in [0.717, 1.165) is 16.8 Å². The second-order valence-corrected chi connectivity index (χ2v) is 10.5. The van der Waals surface area contributed by atoms with E-state index in [0.29, 0.717) is 44.7 Å². The van der Waals surface area contributed by atoms with E-state index in [2.05, 4.69) is 10.2 Å². The number of halogens is 2. The number of aromatic nitrogens is 3. The molecule has 0 radical (unpaired) electrons. The van der Waals surface area contributed by atoms with Crippen LogP contribution >= 0.6 is 35.0 Å². The van der Waals surface area contributed by atoms with Gasteiger partial charge in [0.25, 0.3) is 0 Å². The fraction of sp³-hybridized carbons (Fsp3) is 0.259. The van der Waals surface area contributed by atoms with Crippen LogP contribution < -0.4 is 9.47 Å². The molecule has 0 N–H and O–H groups in total. The lowest BCUT2D eigenvalue weighted by molar-refractivity contribution is -0.479. The van der Waals surface area contributed by atoms with Gasteiger partial charge in [0.15, 0.2) is 16.7 Å². The minimum absolute atomic E-state index is 0.252. The summed E-state index contributed by atoms with van der Waals surface area (Å²) < 4.78 is 13.7. The van der Waals surface area contributed by atoms with Crippen LogP contribution in [0.5, 0.6) is 11.5 Å². The number of benzene rings is 3. The molecule has 0 aliphatic heterocycles. The Hall–Kier alpha value is -3.27. The molecular formula is C27H26Cl2N4O4S. The van der Waals surface area contributed by atoms with Crippen LogP contribution in [0, 0.1) is 24.0 Å². The summed E-state index contributed by atoms with van der Waals surface area (Å²) in [5.41, 5.74) is 3.49. The summed E-state index contributed by atoms with van der Waals surface area (Å²) in [4.78, 5) is 11.3. The highest BCUT2D eigenvalue weighted by Gasteiger charge is 2.26. The second kappa shape index (κ2) is 12.5. The van der Waals surface area contributed by atoms with Crippen molar-refractivity contribution in [2.75, 3.05) is 13.2 Å². The van der Waals surface area contributed by atoms with E-state index in [1.54, 1.807) is 24.3 Å². The van der Waals surface area contributed by atoms with Gasteiger partial charge in [0.05, 0.1) is 11.6 Å². The average molecular weight is 574 g/mol. The van der Waals surface area contributed by atoms with Gasteiger partial charge in [-0.25, -0.2) is 0 Å². The zero-order valence-electron chi connectivity index (χ0n) is 21.1. The van der Waals surface area contributed by atoms with Crippen molar-refractivity contribution >= 4 is 35.0 Å². The molecular weight excluding hydrogens is 547 g/mol. The number of nitro groups is 1. The molecule has 0 saturated heterocycles. The summed E-state index contributed by atoms with van der Waals surface area (Å²) in [6, 6.07) is 18.6. The van der Waals surface area contributed by atoms with E-state index in [4.69, 9.17) is 32.7 Å². The van der Waals surface area contributed by atoms with Gasteiger partial charge in [-0.05, 0) is 73.9 Å². The van der Waals surface area contributed by atoms with Gasteiger partial charge < -0.3 is 9.47 Å². The highest BCUT2D eigenvalue weighted by atomic mass is 35.5. The highest BCUT2D eigenvalue weighted by molar-refractivity contribution is 7.99. The first kappa shape index (κ1) is 27.8. The summed E-state index contributed by atoms with van der Waals surface area (Å²) in [6.07, 6.45) is 0. The third-order valence-corrected chi connectivity index (χ3v) is 7.33. The molecule has 38 heavy (non-hydrogen) atoms. The molecule has 0 fully saturated rings. The van der Waals surface area contributed by atoms with E-state index in [-0.39, 0.29) is 18.1 Å². The maximum Gasteiger partial charge on any atom is 0.220 e. The van der Waals surface area contributed by atoms with E-state index < -0.39 is 5.25 Å². The standard InChI is InChI=1S/C27H26Cl2N4O4S/c1-4-36-24-14-20(13-23(29)26(24)37-16-19-8-10-21(28)11-9-19)25(15-32(34)35)38-27-31-30-18(3)33(27)22-7-5-6-17(2)12-22/h5-14,25H,4,15-16H2,1-3H3/t25-/m0/s1. The molecule has 11 heteroatoms. The third-order valence-electron chi connectivity index (χ3n) is 5.62. The molecule has 0 aliphatic carbocycles. The van der Waals surface area contributed by atoms with Crippen LogP contribution in [0.3, 0.4) is 0 Å². The topological polar surface area (TPSA) is 92.3 Å². The van der Waals surface area contributed by atoms with Crippen molar-refractivity contribution in [1.29, 1.82) is 0 Å². The summed E-state index contributed by atoms with van der Waals surface area (Å²) >= 11 is 13.9. The number of aryl methyl sites for hydroxylation is 2. The van der Waals surface area contributed by atoms with Crippen molar-refractivity contribution in [3.05, 3.63) is 103 Å². The number of rotatable bonds is 11. The molecule has 198 valence electrons. The number of hydrogen-bond acceptors (Lipinski definition) is 7. The monoisotopic (exact) mass is 572 g/mol. The van der Waals surface area contributed by atoms with Crippen LogP contribution in [0.4, 0.5) is 0 Å². The van der Waals surface area contributed by atoms with E-state index >= 15 is 0 Å². The first-order valence-electron chi connectivity index (χ1n) is 11.9. The molecule has 0 bridgehead atoms. The van der Waals surface area contributed by atoms with Crippen LogP contribution in [-0.2, 0) is 6.61 Å². The lowest BCUT2D eigenvalue weighted by Gasteiger charge is -2.19. The molecule has 0 spiro atoms. The Morgan fingerprint density at radius 1 is 1.05 bits per heavy atom. The molecule has 1 atom stereocenters. The normalized spacial score (nSPS) is 11.8. The Labute approximate surface area is 235 Å². The maximum atomic E-state index is 11.7. The molecule has 1 aromatic heterocycles. The number of ether oxygens (including phenoxy) is 2. The zero-order chi connectivity index (χ0) is 27.2. The molecule has 1 heterocycles. The van der Waals surface area contributed by atoms with Gasteiger partial charge in [0, 0.05) is 15.6 Å². The quantitative estimate of drug-likeness (QED) is 0.106. The minimum Gasteiger partial charge on any atom is -0.490 e. The van der Waals surface area contributed by atoms with Crippen LogP contribution in [-0.4, -0.2) is 32.8 Å². The van der Waals surface area contributed by atoms with Gasteiger partial charge in [-0.1, -0.05) is 59.2 Å². The van der Waals surface area contributed by atoms with E-state index in [1.807, 2.05) is 61.7 Å². The summed E-state index contributed by atoms with van der Waals surface area (Å²) in [6.45, 7) is 5.96.